The Labute approximate surface area is 121 Å². The van der Waals surface area contributed by atoms with E-state index in [-0.39, 0.29) is 10.9 Å². The summed E-state index contributed by atoms with van der Waals surface area (Å²) >= 11 is 5.87. The van der Waals surface area contributed by atoms with Crippen LogP contribution in [-0.4, -0.2) is 17.9 Å². The molecule has 1 heterocycles. The lowest BCUT2D eigenvalue weighted by molar-refractivity contribution is 0.102. The van der Waals surface area contributed by atoms with Crippen molar-refractivity contribution < 1.29 is 9.18 Å². The molecule has 2 N–H and O–H groups in total. The fourth-order valence-electron chi connectivity index (χ4n) is 1.73. The summed E-state index contributed by atoms with van der Waals surface area (Å²) in [4.78, 5) is 16.3. The van der Waals surface area contributed by atoms with E-state index in [4.69, 9.17) is 11.6 Å². The van der Waals surface area contributed by atoms with Crippen LogP contribution in [0.25, 0.3) is 0 Å². The van der Waals surface area contributed by atoms with E-state index in [1.54, 1.807) is 13.1 Å². The van der Waals surface area contributed by atoms with Gasteiger partial charge in [-0.05, 0) is 31.2 Å². The highest BCUT2D eigenvalue weighted by Gasteiger charge is 2.13. The number of carbonyl (C=O) groups excluding carboxylic acids is 1. The molecule has 1 amide bonds. The van der Waals surface area contributed by atoms with Gasteiger partial charge in [-0.2, -0.15) is 0 Å². The van der Waals surface area contributed by atoms with Gasteiger partial charge in [0, 0.05) is 18.9 Å². The van der Waals surface area contributed by atoms with Crippen molar-refractivity contribution in [2.24, 2.45) is 0 Å². The molecule has 0 aliphatic rings. The number of aryl methyl sites for hydroxylation is 1. The summed E-state index contributed by atoms with van der Waals surface area (Å²) in [5.41, 5.74) is 2.19. The molecule has 4 nitrogen and oxygen atoms in total. The lowest BCUT2D eigenvalue weighted by Gasteiger charge is -2.11. The standard InChI is InChI=1S/C14H13ClFN3O/c1-8-5-13(17-2)10(7-18-8)14(20)19-12-4-3-9(16)6-11(12)15/h3-7H,1-2H3,(H,17,18)(H,19,20). The van der Waals surface area contributed by atoms with E-state index in [9.17, 15) is 9.18 Å². The Kier molecular flexibility index (Phi) is 4.20. The van der Waals surface area contributed by atoms with Gasteiger partial charge in [-0.15, -0.1) is 0 Å². The van der Waals surface area contributed by atoms with E-state index < -0.39 is 5.82 Å². The molecule has 0 fully saturated rings. The van der Waals surface area contributed by atoms with Crippen LogP contribution in [0.4, 0.5) is 15.8 Å². The SMILES string of the molecule is CNc1cc(C)ncc1C(=O)Nc1ccc(F)cc1Cl. The highest BCUT2D eigenvalue weighted by Crippen LogP contribution is 2.24. The first-order valence-electron chi connectivity index (χ1n) is 5.92. The molecule has 1 aromatic heterocycles. The van der Waals surface area contributed by atoms with Gasteiger partial charge in [0.1, 0.15) is 5.82 Å². The summed E-state index contributed by atoms with van der Waals surface area (Å²) in [7, 11) is 1.72. The molecule has 104 valence electrons. The zero-order valence-electron chi connectivity index (χ0n) is 11.0. The topological polar surface area (TPSA) is 54.0 Å². The zero-order valence-corrected chi connectivity index (χ0v) is 11.8. The average molecular weight is 294 g/mol. The minimum absolute atomic E-state index is 0.143. The first-order chi connectivity index (χ1) is 9.51. The van der Waals surface area contributed by atoms with Crippen LogP contribution in [-0.2, 0) is 0 Å². The third-order valence-electron chi connectivity index (χ3n) is 2.73. The Morgan fingerprint density at radius 2 is 2.05 bits per heavy atom. The molecule has 2 rings (SSSR count). The van der Waals surface area contributed by atoms with Crippen molar-refractivity contribution in [2.45, 2.75) is 6.92 Å². The largest absolute Gasteiger partial charge is 0.387 e. The molecular formula is C14H13ClFN3O. The van der Waals surface area contributed by atoms with Crippen LogP contribution >= 0.6 is 11.6 Å². The number of nitrogens with one attached hydrogen (secondary N) is 2. The van der Waals surface area contributed by atoms with E-state index >= 15 is 0 Å². The number of rotatable bonds is 3. The van der Waals surface area contributed by atoms with Crippen LogP contribution in [0.2, 0.25) is 5.02 Å². The number of carbonyl (C=O) groups is 1. The summed E-state index contributed by atoms with van der Waals surface area (Å²) in [5, 5.41) is 5.71. The summed E-state index contributed by atoms with van der Waals surface area (Å²) in [5.74, 6) is -0.823. The van der Waals surface area contributed by atoms with Gasteiger partial charge in [0.05, 0.1) is 22.0 Å². The fourth-order valence-corrected chi connectivity index (χ4v) is 1.94. The number of hydrogen-bond acceptors (Lipinski definition) is 3. The van der Waals surface area contributed by atoms with E-state index in [0.717, 1.165) is 11.8 Å². The lowest BCUT2D eigenvalue weighted by atomic mass is 10.2. The molecule has 0 radical (unpaired) electrons. The fraction of sp³-hybridized carbons (Fsp3) is 0.143. The van der Waals surface area contributed by atoms with Crippen molar-refractivity contribution in [1.82, 2.24) is 4.98 Å². The number of pyridine rings is 1. The van der Waals surface area contributed by atoms with Crippen LogP contribution in [0, 0.1) is 12.7 Å². The van der Waals surface area contributed by atoms with Gasteiger partial charge >= 0.3 is 0 Å². The predicted molar refractivity (Wildman–Crippen MR) is 77.9 cm³/mol. The molecule has 0 atom stereocenters. The van der Waals surface area contributed by atoms with Crippen molar-refractivity contribution in [3.8, 4) is 0 Å². The lowest BCUT2D eigenvalue weighted by Crippen LogP contribution is -2.15. The van der Waals surface area contributed by atoms with Gasteiger partial charge in [0.15, 0.2) is 0 Å². The molecule has 0 unspecified atom stereocenters. The molecule has 0 bridgehead atoms. The van der Waals surface area contributed by atoms with E-state index in [1.165, 1.54) is 18.3 Å². The molecule has 0 aliphatic heterocycles. The van der Waals surface area contributed by atoms with Crippen molar-refractivity contribution in [1.29, 1.82) is 0 Å². The summed E-state index contributed by atoms with van der Waals surface area (Å²) in [6, 6.07) is 5.55. The first-order valence-corrected chi connectivity index (χ1v) is 6.30. The third-order valence-corrected chi connectivity index (χ3v) is 3.05. The second-order valence-electron chi connectivity index (χ2n) is 4.20. The first kappa shape index (κ1) is 14.3. The van der Waals surface area contributed by atoms with Crippen LogP contribution in [0.1, 0.15) is 16.1 Å². The normalized spacial score (nSPS) is 10.2. The molecule has 6 heteroatoms. The van der Waals surface area contributed by atoms with E-state index in [0.29, 0.717) is 16.9 Å². The van der Waals surface area contributed by atoms with Gasteiger partial charge in [0.25, 0.3) is 5.91 Å². The molecule has 0 saturated heterocycles. The van der Waals surface area contributed by atoms with Crippen molar-refractivity contribution in [3.63, 3.8) is 0 Å². The summed E-state index contributed by atoms with van der Waals surface area (Å²) in [6.45, 7) is 1.83. The zero-order chi connectivity index (χ0) is 14.7. The summed E-state index contributed by atoms with van der Waals surface area (Å²) in [6.07, 6.45) is 1.48. The minimum Gasteiger partial charge on any atom is -0.387 e. The van der Waals surface area contributed by atoms with Crippen LogP contribution < -0.4 is 10.6 Å². The Hall–Kier alpha value is -2.14. The Balaban J connectivity index is 2.28. The summed E-state index contributed by atoms with van der Waals surface area (Å²) < 4.78 is 13.0. The van der Waals surface area contributed by atoms with Gasteiger partial charge in [-0.1, -0.05) is 11.6 Å². The minimum atomic E-state index is -0.457. The van der Waals surface area contributed by atoms with Crippen molar-refractivity contribution in [3.05, 3.63) is 52.6 Å². The second kappa shape index (κ2) is 5.88. The van der Waals surface area contributed by atoms with E-state index in [1.807, 2.05) is 6.92 Å². The van der Waals surface area contributed by atoms with Gasteiger partial charge in [0.2, 0.25) is 0 Å². The number of amides is 1. The van der Waals surface area contributed by atoms with Crippen LogP contribution in [0.3, 0.4) is 0 Å². The average Bonchev–Trinajstić information content (AvgIpc) is 2.41. The quantitative estimate of drug-likeness (QED) is 0.911. The Bertz CT molecular complexity index is 661. The maximum absolute atomic E-state index is 13.0. The molecule has 0 aliphatic carbocycles. The highest BCUT2D eigenvalue weighted by molar-refractivity contribution is 6.34. The molecular weight excluding hydrogens is 281 g/mol. The number of halogens is 2. The Morgan fingerprint density at radius 3 is 2.70 bits per heavy atom. The number of hydrogen-bond donors (Lipinski definition) is 2. The number of anilines is 2. The smallest absolute Gasteiger partial charge is 0.259 e. The maximum Gasteiger partial charge on any atom is 0.259 e. The van der Waals surface area contributed by atoms with Gasteiger partial charge in [-0.25, -0.2) is 4.39 Å². The molecule has 0 spiro atoms. The Morgan fingerprint density at radius 1 is 1.30 bits per heavy atom. The van der Waals surface area contributed by atoms with Crippen LogP contribution in [0.15, 0.2) is 30.5 Å². The number of aromatic nitrogens is 1. The van der Waals surface area contributed by atoms with Gasteiger partial charge < -0.3 is 10.6 Å². The predicted octanol–water partition coefficient (Wildman–Crippen LogP) is 3.48. The van der Waals surface area contributed by atoms with Gasteiger partial charge in [-0.3, -0.25) is 9.78 Å². The van der Waals surface area contributed by atoms with Crippen LogP contribution in [0.5, 0.6) is 0 Å². The monoisotopic (exact) mass is 293 g/mol. The number of benzene rings is 1. The number of nitrogens with zero attached hydrogens (tertiary/aromatic N) is 1. The second-order valence-corrected chi connectivity index (χ2v) is 4.61. The molecule has 0 saturated carbocycles. The molecule has 20 heavy (non-hydrogen) atoms. The molecule has 1 aromatic carbocycles. The maximum atomic E-state index is 13.0. The third kappa shape index (κ3) is 3.05. The highest BCUT2D eigenvalue weighted by atomic mass is 35.5. The van der Waals surface area contributed by atoms with Crippen molar-refractivity contribution in [2.75, 3.05) is 17.7 Å². The molecule has 2 aromatic rings. The van der Waals surface area contributed by atoms with Crippen molar-refractivity contribution >= 4 is 28.9 Å². The van der Waals surface area contributed by atoms with E-state index in [2.05, 4.69) is 15.6 Å².